The third-order valence-corrected chi connectivity index (χ3v) is 4.60. The van der Waals surface area contributed by atoms with Gasteiger partial charge in [0.15, 0.2) is 12.6 Å². The summed E-state index contributed by atoms with van der Waals surface area (Å²) in [6.07, 6.45) is 2.21. The van der Waals surface area contributed by atoms with Crippen LogP contribution in [0.25, 0.3) is 0 Å². The van der Waals surface area contributed by atoms with Crippen molar-refractivity contribution in [3.63, 3.8) is 0 Å². The number of hydrogen-bond donors (Lipinski definition) is 0. The molecule has 0 saturated carbocycles. The molecule has 140 valence electrons. The highest BCUT2D eigenvalue weighted by Gasteiger charge is 1.98. The maximum atomic E-state index is 12.6. The van der Waals surface area contributed by atoms with Crippen LogP contribution < -0.4 is 0 Å². The van der Waals surface area contributed by atoms with Gasteiger partial charge < -0.3 is 0 Å². The zero-order valence-electron chi connectivity index (χ0n) is 14.8. The molecule has 0 saturated heterocycles. The monoisotopic (exact) mass is 448 g/mol. The molecular formula is C21H18BrFO3S. The first kappa shape index (κ1) is 22.6. The average molecular weight is 449 g/mol. The Labute approximate surface area is 170 Å². The van der Waals surface area contributed by atoms with Gasteiger partial charge >= 0.3 is 0 Å². The van der Waals surface area contributed by atoms with Gasteiger partial charge in [0.05, 0.1) is 10.4 Å². The summed E-state index contributed by atoms with van der Waals surface area (Å²) >= 11 is 4.55. The summed E-state index contributed by atoms with van der Waals surface area (Å²) in [4.78, 5) is 31.1. The first-order valence-corrected chi connectivity index (χ1v) is 9.49. The number of carbonyl (C=O) groups is 3. The molecule has 1 heterocycles. The topological polar surface area (TPSA) is 51.2 Å². The van der Waals surface area contributed by atoms with E-state index in [0.717, 1.165) is 34.1 Å². The zero-order chi connectivity index (χ0) is 20.2. The predicted molar refractivity (Wildman–Crippen MR) is 110 cm³/mol. The highest BCUT2D eigenvalue weighted by molar-refractivity contribution is 9.10. The molecule has 3 nitrogen and oxygen atoms in total. The first-order valence-electron chi connectivity index (χ1n) is 7.82. The van der Waals surface area contributed by atoms with Gasteiger partial charge in [0.2, 0.25) is 0 Å². The molecule has 6 heteroatoms. The number of hydrogen-bond acceptors (Lipinski definition) is 4. The summed E-state index contributed by atoms with van der Waals surface area (Å²) in [5.41, 5.74) is 3.12. The Kier molecular flexibility index (Phi) is 10.1. The molecule has 3 rings (SSSR count). The van der Waals surface area contributed by atoms with Gasteiger partial charge in [-0.25, -0.2) is 4.39 Å². The molecule has 27 heavy (non-hydrogen) atoms. The second kappa shape index (κ2) is 12.0. The molecule has 2 aromatic carbocycles. The zero-order valence-corrected chi connectivity index (χ0v) is 17.2. The summed E-state index contributed by atoms with van der Waals surface area (Å²) in [7, 11) is 0. The van der Waals surface area contributed by atoms with Crippen LogP contribution >= 0.6 is 27.3 Å². The van der Waals surface area contributed by atoms with E-state index in [0.29, 0.717) is 10.8 Å². The SMILES string of the molecule is Cc1cccc(C=O)c1.Cc1csc(C=O)c1.O=Cc1ccc(Br)cc1F. The lowest BCUT2D eigenvalue weighted by Crippen LogP contribution is -1.85. The van der Waals surface area contributed by atoms with Crippen LogP contribution in [-0.4, -0.2) is 18.9 Å². The number of rotatable bonds is 3. The maximum absolute atomic E-state index is 12.6. The maximum Gasteiger partial charge on any atom is 0.160 e. The predicted octanol–water partition coefficient (Wildman–Crippen LogP) is 6.08. The number of halogens is 2. The molecule has 0 aliphatic rings. The lowest BCUT2D eigenvalue weighted by atomic mass is 10.2. The van der Waals surface area contributed by atoms with E-state index >= 15 is 0 Å². The Hall–Kier alpha value is -2.44. The molecule has 0 aliphatic heterocycles. The van der Waals surface area contributed by atoms with Crippen molar-refractivity contribution in [2.24, 2.45) is 0 Å². The van der Waals surface area contributed by atoms with E-state index in [9.17, 15) is 18.8 Å². The van der Waals surface area contributed by atoms with Gasteiger partial charge in [0, 0.05) is 10.0 Å². The van der Waals surface area contributed by atoms with Crippen LogP contribution in [0.4, 0.5) is 4.39 Å². The normalized spacial score (nSPS) is 9.19. The third-order valence-electron chi connectivity index (χ3n) is 3.13. The van der Waals surface area contributed by atoms with Crippen molar-refractivity contribution in [3.05, 3.63) is 91.3 Å². The lowest BCUT2D eigenvalue weighted by molar-refractivity contribution is 0.111. The standard InChI is InChI=1S/C8H8O.C7H4BrFO.C6H6OS/c1-7-3-2-4-8(5-7)6-9;8-6-2-1-5(4-10)7(9)3-6;1-5-2-6(3-7)8-4-5/h2-6H,1H3;1-4H;2-4H,1H3. The van der Waals surface area contributed by atoms with Crippen molar-refractivity contribution in [2.45, 2.75) is 13.8 Å². The molecule has 0 spiro atoms. The van der Waals surface area contributed by atoms with E-state index < -0.39 is 5.82 Å². The number of carbonyl (C=O) groups excluding carboxylic acids is 3. The van der Waals surface area contributed by atoms with Gasteiger partial charge in [-0.1, -0.05) is 39.7 Å². The Bertz CT molecular complexity index is 906. The molecule has 0 unspecified atom stereocenters. The fraction of sp³-hybridized carbons (Fsp3) is 0.0952. The molecule has 0 aliphatic carbocycles. The number of benzene rings is 2. The van der Waals surface area contributed by atoms with Gasteiger partial charge in [-0.3, -0.25) is 14.4 Å². The molecular weight excluding hydrogens is 431 g/mol. The van der Waals surface area contributed by atoms with Crippen LogP contribution in [0.1, 0.15) is 41.5 Å². The Morgan fingerprint density at radius 3 is 2.04 bits per heavy atom. The smallest absolute Gasteiger partial charge is 0.160 e. The first-order chi connectivity index (χ1) is 12.9. The second-order valence-corrected chi connectivity index (χ2v) is 7.32. The van der Waals surface area contributed by atoms with Crippen molar-refractivity contribution >= 4 is 46.1 Å². The molecule has 0 bridgehead atoms. The number of aldehydes is 3. The largest absolute Gasteiger partial charge is 0.298 e. The van der Waals surface area contributed by atoms with Gasteiger partial charge in [-0.2, -0.15) is 0 Å². The van der Waals surface area contributed by atoms with Crippen molar-refractivity contribution < 1.29 is 18.8 Å². The van der Waals surface area contributed by atoms with E-state index in [4.69, 9.17) is 0 Å². The summed E-state index contributed by atoms with van der Waals surface area (Å²) < 4.78 is 13.2. The fourth-order valence-electron chi connectivity index (χ4n) is 1.86. The summed E-state index contributed by atoms with van der Waals surface area (Å²) in [5, 5.41) is 1.96. The molecule has 3 aromatic rings. The second-order valence-electron chi connectivity index (χ2n) is 5.46. The average Bonchev–Trinajstić information content (AvgIpc) is 3.08. The highest BCUT2D eigenvalue weighted by Crippen LogP contribution is 2.13. The van der Waals surface area contributed by atoms with E-state index in [1.54, 1.807) is 12.1 Å². The molecule has 0 fully saturated rings. The summed E-state index contributed by atoms with van der Waals surface area (Å²) in [6, 6.07) is 13.7. The molecule has 1 aromatic heterocycles. The number of thiophene rings is 1. The third kappa shape index (κ3) is 8.66. The van der Waals surface area contributed by atoms with E-state index in [-0.39, 0.29) is 5.56 Å². The van der Waals surface area contributed by atoms with E-state index in [1.165, 1.54) is 23.5 Å². The quantitative estimate of drug-likeness (QED) is 0.456. The van der Waals surface area contributed by atoms with E-state index in [2.05, 4.69) is 15.9 Å². The van der Waals surface area contributed by atoms with Crippen molar-refractivity contribution in [1.82, 2.24) is 0 Å². The van der Waals surface area contributed by atoms with Gasteiger partial charge in [0.1, 0.15) is 12.1 Å². The Morgan fingerprint density at radius 2 is 1.63 bits per heavy atom. The van der Waals surface area contributed by atoms with Crippen LogP contribution in [0.15, 0.2) is 58.4 Å². The summed E-state index contributed by atoms with van der Waals surface area (Å²) in [5.74, 6) is -0.496. The molecule has 0 radical (unpaired) electrons. The Balaban J connectivity index is 0.000000204. The Morgan fingerprint density at radius 1 is 0.889 bits per heavy atom. The molecule has 0 amide bonds. The van der Waals surface area contributed by atoms with Crippen molar-refractivity contribution in [3.8, 4) is 0 Å². The fourth-order valence-corrected chi connectivity index (χ4v) is 2.89. The lowest BCUT2D eigenvalue weighted by Gasteiger charge is -1.92. The van der Waals surface area contributed by atoms with Crippen LogP contribution in [0.5, 0.6) is 0 Å². The van der Waals surface area contributed by atoms with Crippen LogP contribution in [-0.2, 0) is 0 Å². The van der Waals surface area contributed by atoms with Gasteiger partial charge in [0.25, 0.3) is 0 Å². The van der Waals surface area contributed by atoms with Crippen LogP contribution in [0.2, 0.25) is 0 Å². The molecule has 0 N–H and O–H groups in total. The van der Waals surface area contributed by atoms with Gasteiger partial charge in [-0.15, -0.1) is 11.3 Å². The van der Waals surface area contributed by atoms with E-state index in [1.807, 2.05) is 43.5 Å². The minimum Gasteiger partial charge on any atom is -0.298 e. The van der Waals surface area contributed by atoms with Crippen molar-refractivity contribution in [1.29, 1.82) is 0 Å². The van der Waals surface area contributed by atoms with Gasteiger partial charge in [-0.05, 0) is 55.1 Å². The highest BCUT2D eigenvalue weighted by atomic mass is 79.9. The van der Waals surface area contributed by atoms with Crippen molar-refractivity contribution in [2.75, 3.05) is 0 Å². The van der Waals surface area contributed by atoms with Crippen LogP contribution in [0.3, 0.4) is 0 Å². The molecule has 0 atom stereocenters. The summed E-state index contributed by atoms with van der Waals surface area (Å²) in [6.45, 7) is 3.94. The minimum atomic E-state index is -0.496. The minimum absolute atomic E-state index is 0.0863. The van der Waals surface area contributed by atoms with Crippen LogP contribution in [0, 0.1) is 19.7 Å². The number of aryl methyl sites for hydroxylation is 2.